The Balaban J connectivity index is 1.77. The summed E-state index contributed by atoms with van der Waals surface area (Å²) < 4.78 is 0. The monoisotopic (exact) mass is 324 g/mol. The highest BCUT2D eigenvalue weighted by molar-refractivity contribution is 5.93. The van der Waals surface area contributed by atoms with Crippen LogP contribution in [0.2, 0.25) is 0 Å². The molecule has 0 spiro atoms. The minimum Gasteiger partial charge on any atom is -0.508 e. The fraction of sp³-hybridized carbons (Fsp3) is 0.350. The second-order valence-corrected chi connectivity index (χ2v) is 6.46. The number of nitrogens with zero attached hydrogens (tertiary/aromatic N) is 1. The molecule has 2 N–H and O–H groups in total. The van der Waals surface area contributed by atoms with Crippen LogP contribution in [0.3, 0.4) is 0 Å². The van der Waals surface area contributed by atoms with Crippen LogP contribution in [0.1, 0.15) is 32.1 Å². The van der Waals surface area contributed by atoms with Crippen molar-refractivity contribution in [1.29, 1.82) is 0 Å². The van der Waals surface area contributed by atoms with Gasteiger partial charge in [-0.3, -0.25) is 4.79 Å². The number of phenols is 1. The summed E-state index contributed by atoms with van der Waals surface area (Å²) in [5, 5.41) is 13.0. The van der Waals surface area contributed by atoms with E-state index in [0.717, 1.165) is 37.1 Å². The van der Waals surface area contributed by atoms with Gasteiger partial charge < -0.3 is 15.3 Å². The summed E-state index contributed by atoms with van der Waals surface area (Å²) in [5.41, 5.74) is 2.50. The van der Waals surface area contributed by atoms with Gasteiger partial charge in [0.15, 0.2) is 0 Å². The molecule has 0 radical (unpaired) electrons. The van der Waals surface area contributed by atoms with Crippen LogP contribution in [0.25, 0.3) is 0 Å². The normalized spacial score (nSPS) is 15.0. The lowest BCUT2D eigenvalue weighted by Crippen LogP contribution is -2.24. The number of carbonyl (C=O) groups excluding carboxylic acids is 1. The van der Waals surface area contributed by atoms with E-state index < -0.39 is 0 Å². The lowest BCUT2D eigenvalue weighted by molar-refractivity contribution is -0.120. The van der Waals surface area contributed by atoms with E-state index in [2.05, 4.69) is 5.32 Å². The first-order valence-corrected chi connectivity index (χ1v) is 8.57. The Bertz CT molecular complexity index is 694. The summed E-state index contributed by atoms with van der Waals surface area (Å²) in [6.07, 6.45) is 5.39. The van der Waals surface area contributed by atoms with Crippen LogP contribution in [0.4, 0.5) is 17.1 Å². The molecule has 4 nitrogen and oxygen atoms in total. The van der Waals surface area contributed by atoms with Gasteiger partial charge in [0.25, 0.3) is 0 Å². The van der Waals surface area contributed by atoms with Gasteiger partial charge in [0.05, 0.1) is 0 Å². The van der Waals surface area contributed by atoms with Crippen molar-refractivity contribution in [2.45, 2.75) is 32.1 Å². The first-order chi connectivity index (χ1) is 11.6. The second-order valence-electron chi connectivity index (χ2n) is 6.46. The van der Waals surface area contributed by atoms with Gasteiger partial charge in [0.2, 0.25) is 5.91 Å². The molecule has 4 heteroatoms. The van der Waals surface area contributed by atoms with Gasteiger partial charge in [0, 0.05) is 42.2 Å². The van der Waals surface area contributed by atoms with Crippen LogP contribution < -0.4 is 10.2 Å². The minimum atomic E-state index is 0.0635. The average molecular weight is 324 g/mol. The van der Waals surface area contributed by atoms with Gasteiger partial charge >= 0.3 is 0 Å². The van der Waals surface area contributed by atoms with E-state index in [-0.39, 0.29) is 17.6 Å². The van der Waals surface area contributed by atoms with Gasteiger partial charge in [-0.15, -0.1) is 0 Å². The Hall–Kier alpha value is -2.49. The Kier molecular flexibility index (Phi) is 5.04. The Morgan fingerprint density at radius 1 is 1.04 bits per heavy atom. The lowest BCUT2D eigenvalue weighted by Gasteiger charge is -2.23. The van der Waals surface area contributed by atoms with Crippen LogP contribution >= 0.6 is 0 Å². The van der Waals surface area contributed by atoms with E-state index in [1.165, 1.54) is 6.42 Å². The molecule has 2 aromatic rings. The van der Waals surface area contributed by atoms with Crippen molar-refractivity contribution >= 4 is 23.0 Å². The van der Waals surface area contributed by atoms with Crippen LogP contribution in [0, 0.1) is 5.92 Å². The zero-order valence-electron chi connectivity index (χ0n) is 14.0. The highest BCUT2D eigenvalue weighted by Crippen LogP contribution is 2.31. The molecular formula is C20H24N2O2. The summed E-state index contributed by atoms with van der Waals surface area (Å²) in [6.45, 7) is 0. The third-order valence-electron chi connectivity index (χ3n) is 4.68. The molecule has 1 amide bonds. The number of carbonyl (C=O) groups is 1. The summed E-state index contributed by atoms with van der Waals surface area (Å²) in [4.78, 5) is 14.4. The molecule has 0 saturated heterocycles. The maximum absolute atomic E-state index is 12.4. The number of para-hydroxylation sites is 1. The molecular weight excluding hydrogens is 300 g/mol. The van der Waals surface area contributed by atoms with Crippen LogP contribution in [-0.4, -0.2) is 18.1 Å². The zero-order valence-corrected chi connectivity index (χ0v) is 14.0. The highest BCUT2D eigenvalue weighted by atomic mass is 16.3. The number of nitrogens with one attached hydrogen (secondary N) is 1. The lowest BCUT2D eigenvalue weighted by atomic mass is 9.88. The van der Waals surface area contributed by atoms with Crippen LogP contribution in [0.15, 0.2) is 48.5 Å². The van der Waals surface area contributed by atoms with E-state index in [1.807, 2.05) is 48.3 Å². The maximum Gasteiger partial charge on any atom is 0.227 e. The Labute approximate surface area is 143 Å². The molecule has 1 aliphatic carbocycles. The molecule has 0 aliphatic heterocycles. The minimum absolute atomic E-state index is 0.0635. The molecule has 2 aromatic carbocycles. The third-order valence-corrected chi connectivity index (χ3v) is 4.68. The third kappa shape index (κ3) is 3.88. The first-order valence-electron chi connectivity index (χ1n) is 8.57. The predicted molar refractivity (Wildman–Crippen MR) is 97.8 cm³/mol. The SMILES string of the molecule is CN(c1ccccc1)c1cc(O)cc(NC(=O)C2CCCCC2)c1. The molecule has 1 fully saturated rings. The average Bonchev–Trinajstić information content (AvgIpc) is 2.62. The highest BCUT2D eigenvalue weighted by Gasteiger charge is 2.21. The van der Waals surface area contributed by atoms with Crippen molar-refractivity contribution in [2.75, 3.05) is 17.3 Å². The van der Waals surface area contributed by atoms with Crippen LogP contribution in [0.5, 0.6) is 5.75 Å². The molecule has 1 saturated carbocycles. The summed E-state index contributed by atoms with van der Waals surface area (Å²) in [5.74, 6) is 0.305. The number of phenolic OH excluding ortho intramolecular Hbond substituents is 1. The molecule has 0 unspecified atom stereocenters. The molecule has 126 valence electrons. The van der Waals surface area contributed by atoms with Crippen molar-refractivity contribution in [1.82, 2.24) is 0 Å². The number of anilines is 3. The predicted octanol–water partition coefficient (Wildman–Crippen LogP) is 4.68. The van der Waals surface area contributed by atoms with Crippen molar-refractivity contribution in [2.24, 2.45) is 5.92 Å². The first kappa shape index (κ1) is 16.4. The van der Waals surface area contributed by atoms with E-state index in [9.17, 15) is 9.90 Å². The quantitative estimate of drug-likeness (QED) is 0.858. The van der Waals surface area contributed by atoms with E-state index in [4.69, 9.17) is 0 Å². The van der Waals surface area contributed by atoms with Gasteiger partial charge in [-0.25, -0.2) is 0 Å². The van der Waals surface area contributed by atoms with Crippen molar-refractivity contribution in [3.63, 3.8) is 0 Å². The van der Waals surface area contributed by atoms with E-state index in [1.54, 1.807) is 12.1 Å². The smallest absolute Gasteiger partial charge is 0.227 e. The molecule has 0 atom stereocenters. The summed E-state index contributed by atoms with van der Waals surface area (Å²) in [6, 6.07) is 15.1. The van der Waals surface area contributed by atoms with Crippen molar-refractivity contribution < 1.29 is 9.90 Å². The fourth-order valence-corrected chi connectivity index (χ4v) is 3.27. The van der Waals surface area contributed by atoms with Gasteiger partial charge in [-0.2, -0.15) is 0 Å². The standard InChI is InChI=1S/C20H24N2O2/c1-22(17-10-6-3-7-11-17)18-12-16(13-19(23)14-18)21-20(24)15-8-4-2-5-9-15/h3,6-7,10-15,23H,2,4-5,8-9H2,1H3,(H,21,24). The largest absolute Gasteiger partial charge is 0.508 e. The van der Waals surface area contributed by atoms with E-state index in [0.29, 0.717) is 5.69 Å². The van der Waals surface area contributed by atoms with Crippen LogP contribution in [-0.2, 0) is 4.79 Å². The fourth-order valence-electron chi connectivity index (χ4n) is 3.27. The number of hydrogen-bond acceptors (Lipinski definition) is 3. The van der Waals surface area contributed by atoms with Crippen molar-refractivity contribution in [3.8, 4) is 5.75 Å². The van der Waals surface area contributed by atoms with E-state index >= 15 is 0 Å². The van der Waals surface area contributed by atoms with Gasteiger partial charge in [-0.05, 0) is 31.0 Å². The number of aromatic hydroxyl groups is 1. The van der Waals surface area contributed by atoms with Gasteiger partial charge in [0.1, 0.15) is 5.75 Å². The summed E-state index contributed by atoms with van der Waals surface area (Å²) in [7, 11) is 1.94. The molecule has 0 heterocycles. The Morgan fingerprint density at radius 3 is 2.46 bits per heavy atom. The molecule has 0 aromatic heterocycles. The molecule has 3 rings (SSSR count). The van der Waals surface area contributed by atoms with Crippen molar-refractivity contribution in [3.05, 3.63) is 48.5 Å². The number of benzene rings is 2. The van der Waals surface area contributed by atoms with Gasteiger partial charge in [-0.1, -0.05) is 37.5 Å². The second kappa shape index (κ2) is 7.39. The summed E-state index contributed by atoms with van der Waals surface area (Å²) >= 11 is 0. The maximum atomic E-state index is 12.4. The molecule has 24 heavy (non-hydrogen) atoms. The number of rotatable bonds is 4. The Morgan fingerprint density at radius 2 is 1.75 bits per heavy atom. The number of hydrogen-bond donors (Lipinski definition) is 2. The number of amides is 1. The topological polar surface area (TPSA) is 52.6 Å². The molecule has 0 bridgehead atoms. The molecule has 1 aliphatic rings. The zero-order chi connectivity index (χ0) is 16.9.